The molecule has 0 fully saturated rings. The van der Waals surface area contributed by atoms with E-state index in [1.54, 1.807) is 11.3 Å². The summed E-state index contributed by atoms with van der Waals surface area (Å²) in [6.45, 7) is 5.03. The SMILES string of the molecule is Cc1ccsc1C(C)NCCC#N. The van der Waals surface area contributed by atoms with Gasteiger partial charge in [-0.15, -0.1) is 11.3 Å². The van der Waals surface area contributed by atoms with Crippen LogP contribution in [0.3, 0.4) is 0 Å². The Morgan fingerprint density at radius 2 is 2.46 bits per heavy atom. The van der Waals surface area contributed by atoms with E-state index in [1.165, 1.54) is 10.4 Å². The molecule has 0 radical (unpaired) electrons. The van der Waals surface area contributed by atoms with E-state index in [4.69, 9.17) is 5.26 Å². The Morgan fingerprint density at radius 3 is 3.00 bits per heavy atom. The second-order valence-corrected chi connectivity index (χ2v) is 4.00. The fourth-order valence-electron chi connectivity index (χ4n) is 1.27. The largest absolute Gasteiger partial charge is 0.308 e. The Labute approximate surface area is 83.2 Å². The van der Waals surface area contributed by atoms with Crippen molar-refractivity contribution in [2.45, 2.75) is 26.3 Å². The van der Waals surface area contributed by atoms with Crippen LogP contribution in [0.15, 0.2) is 11.4 Å². The highest BCUT2D eigenvalue weighted by molar-refractivity contribution is 7.10. The van der Waals surface area contributed by atoms with Crippen molar-refractivity contribution in [1.29, 1.82) is 5.26 Å². The smallest absolute Gasteiger partial charge is 0.0635 e. The molecule has 0 spiro atoms. The number of aryl methyl sites for hydroxylation is 1. The van der Waals surface area contributed by atoms with Crippen molar-refractivity contribution in [3.05, 3.63) is 21.9 Å². The van der Waals surface area contributed by atoms with Crippen LogP contribution in [0, 0.1) is 18.3 Å². The first kappa shape index (κ1) is 10.2. The molecule has 0 aliphatic carbocycles. The van der Waals surface area contributed by atoms with E-state index >= 15 is 0 Å². The van der Waals surface area contributed by atoms with Crippen LogP contribution in [0.2, 0.25) is 0 Å². The first-order valence-corrected chi connectivity index (χ1v) is 5.28. The minimum Gasteiger partial charge on any atom is -0.308 e. The molecule has 3 heteroatoms. The summed E-state index contributed by atoms with van der Waals surface area (Å²) in [6.07, 6.45) is 0.578. The van der Waals surface area contributed by atoms with E-state index in [0.717, 1.165) is 6.54 Å². The van der Waals surface area contributed by atoms with E-state index < -0.39 is 0 Å². The predicted molar refractivity (Wildman–Crippen MR) is 55.7 cm³/mol. The maximum Gasteiger partial charge on any atom is 0.0635 e. The van der Waals surface area contributed by atoms with Gasteiger partial charge in [-0.25, -0.2) is 0 Å². The number of rotatable bonds is 4. The quantitative estimate of drug-likeness (QED) is 0.748. The molecule has 13 heavy (non-hydrogen) atoms. The van der Waals surface area contributed by atoms with Gasteiger partial charge in [0, 0.05) is 23.9 Å². The second-order valence-electron chi connectivity index (χ2n) is 3.05. The molecule has 1 atom stereocenters. The van der Waals surface area contributed by atoms with E-state index in [1.807, 2.05) is 0 Å². The molecule has 0 saturated heterocycles. The fourth-order valence-corrected chi connectivity index (χ4v) is 2.23. The number of nitriles is 1. The number of nitrogens with one attached hydrogen (secondary N) is 1. The molecule has 70 valence electrons. The van der Waals surface area contributed by atoms with Gasteiger partial charge in [0.1, 0.15) is 0 Å². The minimum atomic E-state index is 0.369. The third-order valence-electron chi connectivity index (χ3n) is 1.98. The zero-order valence-electron chi connectivity index (χ0n) is 8.00. The van der Waals surface area contributed by atoms with E-state index in [2.05, 4.69) is 36.7 Å². The third kappa shape index (κ3) is 2.83. The highest BCUT2D eigenvalue weighted by atomic mass is 32.1. The Balaban J connectivity index is 2.45. The molecule has 0 aromatic carbocycles. The topological polar surface area (TPSA) is 35.8 Å². The molecule has 1 rings (SSSR count). The molecule has 0 saturated carbocycles. The molecule has 0 amide bonds. The van der Waals surface area contributed by atoms with Gasteiger partial charge in [0.05, 0.1) is 6.07 Å². The molecule has 0 aliphatic heterocycles. The molecule has 1 aromatic rings. The zero-order chi connectivity index (χ0) is 9.68. The summed E-state index contributed by atoms with van der Waals surface area (Å²) >= 11 is 1.77. The van der Waals surface area contributed by atoms with E-state index in [0.29, 0.717) is 12.5 Å². The van der Waals surface area contributed by atoms with Gasteiger partial charge >= 0.3 is 0 Å². The van der Waals surface area contributed by atoms with Crippen LogP contribution in [0.25, 0.3) is 0 Å². The summed E-state index contributed by atoms with van der Waals surface area (Å²) in [4.78, 5) is 1.37. The summed E-state index contributed by atoms with van der Waals surface area (Å²) in [5, 5.41) is 13.8. The maximum absolute atomic E-state index is 8.38. The highest BCUT2D eigenvalue weighted by Gasteiger charge is 2.07. The molecular formula is C10H14N2S. The first-order valence-electron chi connectivity index (χ1n) is 4.40. The van der Waals surface area contributed by atoms with Crippen LogP contribution in [0.1, 0.15) is 29.8 Å². The lowest BCUT2D eigenvalue weighted by atomic mass is 10.2. The minimum absolute atomic E-state index is 0.369. The van der Waals surface area contributed by atoms with Crippen molar-refractivity contribution in [3.8, 4) is 6.07 Å². The van der Waals surface area contributed by atoms with Crippen molar-refractivity contribution in [3.63, 3.8) is 0 Å². The van der Waals surface area contributed by atoms with Gasteiger partial charge < -0.3 is 5.32 Å². The lowest BCUT2D eigenvalue weighted by Gasteiger charge is -2.11. The molecule has 0 aliphatic rings. The number of nitrogens with zero attached hydrogens (tertiary/aromatic N) is 1. The zero-order valence-corrected chi connectivity index (χ0v) is 8.82. The Kier molecular flexibility index (Phi) is 3.94. The summed E-state index contributed by atoms with van der Waals surface area (Å²) in [5.74, 6) is 0. The van der Waals surface area contributed by atoms with Crippen molar-refractivity contribution < 1.29 is 0 Å². The standard InChI is InChI=1S/C10H14N2S/c1-8-4-7-13-10(8)9(2)12-6-3-5-11/h4,7,9,12H,3,6H2,1-2H3. The number of thiophene rings is 1. The van der Waals surface area contributed by atoms with Gasteiger partial charge in [0.25, 0.3) is 0 Å². The van der Waals surface area contributed by atoms with E-state index in [-0.39, 0.29) is 0 Å². The van der Waals surface area contributed by atoms with Gasteiger partial charge in [-0.3, -0.25) is 0 Å². The normalized spacial score (nSPS) is 12.4. The molecular weight excluding hydrogens is 180 g/mol. The molecule has 1 heterocycles. The lowest BCUT2D eigenvalue weighted by molar-refractivity contribution is 0.589. The van der Waals surface area contributed by atoms with Crippen molar-refractivity contribution in [2.24, 2.45) is 0 Å². The number of hydrogen-bond donors (Lipinski definition) is 1. The average Bonchev–Trinajstić information content (AvgIpc) is 2.52. The second kappa shape index (κ2) is 5.00. The Bertz CT molecular complexity index is 298. The maximum atomic E-state index is 8.38. The van der Waals surface area contributed by atoms with E-state index in [9.17, 15) is 0 Å². The predicted octanol–water partition coefficient (Wildman–Crippen LogP) is 2.62. The third-order valence-corrected chi connectivity index (χ3v) is 3.18. The fraction of sp³-hybridized carbons (Fsp3) is 0.500. The summed E-state index contributed by atoms with van der Waals surface area (Å²) < 4.78 is 0. The monoisotopic (exact) mass is 194 g/mol. The van der Waals surface area contributed by atoms with Crippen molar-refractivity contribution in [2.75, 3.05) is 6.54 Å². The first-order chi connectivity index (χ1) is 6.25. The lowest BCUT2D eigenvalue weighted by Crippen LogP contribution is -2.19. The summed E-state index contributed by atoms with van der Waals surface area (Å²) in [7, 11) is 0. The van der Waals surface area contributed by atoms with Crippen LogP contribution in [0.4, 0.5) is 0 Å². The van der Waals surface area contributed by atoms with Gasteiger partial charge in [0.2, 0.25) is 0 Å². The molecule has 2 nitrogen and oxygen atoms in total. The van der Waals surface area contributed by atoms with Crippen molar-refractivity contribution in [1.82, 2.24) is 5.32 Å². The molecule has 1 aromatic heterocycles. The van der Waals surface area contributed by atoms with Crippen LogP contribution in [-0.2, 0) is 0 Å². The molecule has 0 bridgehead atoms. The van der Waals surface area contributed by atoms with Crippen LogP contribution < -0.4 is 5.32 Å². The van der Waals surface area contributed by atoms with Crippen molar-refractivity contribution >= 4 is 11.3 Å². The van der Waals surface area contributed by atoms with Gasteiger partial charge in [0.15, 0.2) is 0 Å². The van der Waals surface area contributed by atoms with Gasteiger partial charge in [-0.05, 0) is 30.9 Å². The summed E-state index contributed by atoms with van der Waals surface area (Å²) in [5.41, 5.74) is 1.34. The average molecular weight is 194 g/mol. The number of hydrogen-bond acceptors (Lipinski definition) is 3. The highest BCUT2D eigenvalue weighted by Crippen LogP contribution is 2.22. The van der Waals surface area contributed by atoms with Gasteiger partial charge in [-0.2, -0.15) is 5.26 Å². The van der Waals surface area contributed by atoms with Crippen LogP contribution in [-0.4, -0.2) is 6.54 Å². The molecule has 1 unspecified atom stereocenters. The summed E-state index contributed by atoms with van der Waals surface area (Å²) in [6, 6.07) is 4.62. The Hall–Kier alpha value is -0.850. The van der Waals surface area contributed by atoms with Crippen LogP contribution >= 0.6 is 11.3 Å². The van der Waals surface area contributed by atoms with Gasteiger partial charge in [-0.1, -0.05) is 0 Å². The molecule has 1 N–H and O–H groups in total. The van der Waals surface area contributed by atoms with Crippen LogP contribution in [0.5, 0.6) is 0 Å². The Morgan fingerprint density at radius 1 is 1.69 bits per heavy atom.